The van der Waals surface area contributed by atoms with Gasteiger partial charge in [0.15, 0.2) is 74.2 Å². The molecular formula is C54H44B2F9IS2+2. The summed E-state index contributed by atoms with van der Waals surface area (Å²) in [7, 11) is 9.20. The number of benzene rings is 8. The Labute approximate surface area is 412 Å². The van der Waals surface area contributed by atoms with E-state index in [1.165, 1.54) is 42.7 Å². The van der Waals surface area contributed by atoms with Gasteiger partial charge in [-0.2, -0.15) is 0 Å². The molecule has 0 N–H and O–H groups in total. The normalized spacial score (nSPS) is 10.5. The maximum Gasteiger partial charge on any atom is 0.357 e. The Kier molecular flexibility index (Phi) is 21.5. The molecule has 0 aromatic heterocycles. The van der Waals surface area contributed by atoms with Gasteiger partial charge in [0, 0.05) is 15.4 Å². The summed E-state index contributed by atoms with van der Waals surface area (Å²) in [4.78, 5) is 6.58. The third kappa shape index (κ3) is 14.8. The van der Waals surface area contributed by atoms with Gasteiger partial charge in [0.25, 0.3) is 0 Å². The van der Waals surface area contributed by atoms with Gasteiger partial charge in [-0.3, -0.25) is 0 Å². The van der Waals surface area contributed by atoms with Crippen LogP contribution in [0.3, 0.4) is 0 Å². The molecule has 0 bridgehead atoms. The Bertz CT molecular complexity index is 2520. The van der Waals surface area contributed by atoms with Gasteiger partial charge >= 0.3 is 21.2 Å². The molecule has 0 spiro atoms. The second-order valence-electron chi connectivity index (χ2n) is 14.7. The third-order valence-corrected chi connectivity index (χ3v) is 15.5. The molecule has 4 radical (unpaired) electrons. The van der Waals surface area contributed by atoms with Gasteiger partial charge < -0.3 is 0 Å². The summed E-state index contributed by atoms with van der Waals surface area (Å²) < 4.78 is 114. The minimum absolute atomic E-state index is 0. The largest absolute Gasteiger partial charge is 0.357 e. The molecule has 0 saturated carbocycles. The van der Waals surface area contributed by atoms with Crippen LogP contribution >= 0.6 is 11.8 Å². The highest BCUT2D eigenvalue weighted by Gasteiger charge is 2.28. The fourth-order valence-corrected chi connectivity index (χ4v) is 10.9. The molecule has 0 atom stereocenters. The smallest absolute Gasteiger partial charge is 0.204 e. The lowest BCUT2D eigenvalue weighted by Gasteiger charge is -2.08. The summed E-state index contributed by atoms with van der Waals surface area (Å²) in [6.07, 6.45) is 0. The van der Waals surface area contributed by atoms with Crippen molar-refractivity contribution in [3.05, 3.63) is 240 Å². The van der Waals surface area contributed by atoms with E-state index in [1.807, 2.05) is 0 Å². The Morgan fingerprint density at radius 2 is 0.750 bits per heavy atom. The SMILES string of the molecule is C.Cc1ccc([I+]c2ccc(C(C)C)cc2)cc1.[B]c1c(F)c(F)c(C)c(F)c1F.[B]c1c(F)c(F)c(F)c(F)c1F.c1ccc(Sc2ccc([S+](c3ccccc3)c3ccccc3)cc2)cc1. The number of aryl methyl sites for hydroxylation is 1. The zero-order valence-corrected chi connectivity index (χ0v) is 40.2. The van der Waals surface area contributed by atoms with E-state index in [0.717, 1.165) is 6.92 Å². The van der Waals surface area contributed by atoms with Crippen molar-refractivity contribution in [3.63, 3.8) is 0 Å². The van der Waals surface area contributed by atoms with Gasteiger partial charge in [-0.1, -0.05) is 117 Å². The quantitative estimate of drug-likeness (QED) is 0.0365. The van der Waals surface area contributed by atoms with Crippen molar-refractivity contribution in [1.29, 1.82) is 0 Å². The highest BCUT2D eigenvalue weighted by molar-refractivity contribution is 7.99. The monoisotopic (exact) mass is 1080 g/mol. The van der Waals surface area contributed by atoms with Crippen LogP contribution < -0.4 is 32.1 Å². The Hall–Kier alpha value is -5.31. The summed E-state index contributed by atoms with van der Waals surface area (Å²) in [5.74, 6) is -15.7. The van der Waals surface area contributed by atoms with Gasteiger partial charge in [0.05, 0.1) is 10.9 Å². The van der Waals surface area contributed by atoms with Crippen LogP contribution in [0.15, 0.2) is 188 Å². The molecule has 8 rings (SSSR count). The van der Waals surface area contributed by atoms with Crippen LogP contribution in [0.25, 0.3) is 0 Å². The summed E-state index contributed by atoms with van der Waals surface area (Å²) in [5, 5.41) is 0. The Balaban J connectivity index is 0.000000209. The molecule has 0 amide bonds. The first-order valence-corrected chi connectivity index (χ1v) is 24.5. The number of hydrogen-bond donors (Lipinski definition) is 0. The van der Waals surface area contributed by atoms with Crippen molar-refractivity contribution in [1.82, 2.24) is 0 Å². The molecule has 0 heterocycles. The van der Waals surface area contributed by atoms with Gasteiger partial charge in [-0.15, -0.1) is 0 Å². The topological polar surface area (TPSA) is 0 Å². The zero-order valence-electron chi connectivity index (χ0n) is 36.4. The lowest BCUT2D eigenvalue weighted by Crippen LogP contribution is -3.61. The van der Waals surface area contributed by atoms with Crippen molar-refractivity contribution in [2.75, 3.05) is 0 Å². The molecule has 8 aromatic carbocycles. The standard InChI is InChI=1S/C24H19S2.C16H18I.C7H3BF4.C6BF5.CH4/c1-4-10-20(11-5-1)25-21-16-18-24(19-17-21)26(22-12-6-2-7-13-22)23-14-8-3-9-15-23;1-12(2)14-6-10-16(11-7-14)17-15-8-4-13(3)5-9-15;1-2-4(9)6(11)3(8)7(12)5(2)10;7-1-2(8)4(10)6(12)5(11)3(1)9;/h1-19H;4-12H,1-3H3;1H3;;1H4/q2*+1;;;. The van der Waals surface area contributed by atoms with Crippen LogP contribution in [0.1, 0.15) is 43.9 Å². The Morgan fingerprint density at radius 3 is 1.16 bits per heavy atom. The predicted octanol–water partition coefficient (Wildman–Crippen LogP) is 11.3. The zero-order chi connectivity index (χ0) is 48.8. The molecule has 0 unspecified atom stereocenters. The van der Waals surface area contributed by atoms with E-state index < -0.39 is 68.8 Å². The van der Waals surface area contributed by atoms with Crippen LogP contribution in [0.4, 0.5) is 39.5 Å². The average Bonchev–Trinajstić information content (AvgIpc) is 3.36. The molecule has 346 valence electrons. The summed E-state index contributed by atoms with van der Waals surface area (Å²) in [5.41, 5.74) is -0.434. The first-order chi connectivity index (χ1) is 32.0. The van der Waals surface area contributed by atoms with E-state index in [4.69, 9.17) is 7.85 Å². The maximum atomic E-state index is 12.6. The molecule has 0 aliphatic carbocycles. The molecule has 0 aliphatic rings. The molecule has 14 heteroatoms. The number of rotatable bonds is 8. The molecule has 0 fully saturated rings. The van der Waals surface area contributed by atoms with Gasteiger partial charge in [-0.25, -0.2) is 39.5 Å². The van der Waals surface area contributed by atoms with Gasteiger partial charge in [0.2, 0.25) is 0 Å². The van der Waals surface area contributed by atoms with Crippen LogP contribution in [0, 0.1) is 73.3 Å². The lowest BCUT2D eigenvalue weighted by molar-refractivity contribution is -0.597. The molecule has 68 heavy (non-hydrogen) atoms. The summed E-state index contributed by atoms with van der Waals surface area (Å²) in [6, 6.07) is 59.2. The second-order valence-corrected chi connectivity index (χ2v) is 20.9. The van der Waals surface area contributed by atoms with E-state index >= 15 is 0 Å². The fourth-order valence-electron chi connectivity index (χ4n) is 5.80. The first kappa shape index (κ1) is 55.3. The average molecular weight is 1080 g/mol. The molecule has 0 nitrogen and oxygen atoms in total. The molecular weight excluding hydrogens is 1030 g/mol. The van der Waals surface area contributed by atoms with E-state index in [1.54, 1.807) is 11.8 Å². The van der Waals surface area contributed by atoms with Crippen molar-refractivity contribution >= 4 is 49.3 Å². The predicted molar refractivity (Wildman–Crippen MR) is 256 cm³/mol. The minimum Gasteiger partial charge on any atom is -0.204 e. The van der Waals surface area contributed by atoms with Crippen molar-refractivity contribution < 1.29 is 60.7 Å². The van der Waals surface area contributed by atoms with Gasteiger partial charge in [0.1, 0.15) is 15.7 Å². The van der Waals surface area contributed by atoms with Crippen LogP contribution in [-0.2, 0) is 10.9 Å². The molecule has 8 aromatic rings. The highest BCUT2D eigenvalue weighted by Crippen LogP contribution is 2.34. The summed E-state index contributed by atoms with van der Waals surface area (Å²) in [6.45, 7) is 7.55. The Morgan fingerprint density at radius 1 is 0.412 bits per heavy atom. The first-order valence-electron chi connectivity index (χ1n) is 20.3. The van der Waals surface area contributed by atoms with Crippen molar-refractivity contribution in [2.24, 2.45) is 0 Å². The molecule has 0 saturated heterocycles. The highest BCUT2D eigenvalue weighted by atomic mass is 127. The summed E-state index contributed by atoms with van der Waals surface area (Å²) >= 11 is 1.79. The van der Waals surface area contributed by atoms with E-state index in [9.17, 15) is 39.5 Å². The maximum absolute atomic E-state index is 12.6. The number of hydrogen-bond acceptors (Lipinski definition) is 1. The van der Waals surface area contributed by atoms with Crippen LogP contribution in [-0.4, -0.2) is 15.7 Å². The fraction of sp³-hybridized carbons (Fsp3) is 0.111. The second kappa shape index (κ2) is 26.4. The third-order valence-electron chi connectivity index (χ3n) is 9.52. The van der Waals surface area contributed by atoms with Gasteiger partial charge in [-0.05, 0) is 121 Å². The van der Waals surface area contributed by atoms with Crippen molar-refractivity contribution in [3.8, 4) is 0 Å². The minimum atomic E-state index is -2.21. The lowest BCUT2D eigenvalue weighted by atomic mass is 9.93. The van der Waals surface area contributed by atoms with Crippen LogP contribution in [0.2, 0.25) is 0 Å². The number of halogens is 10. The van der Waals surface area contributed by atoms with E-state index in [-0.39, 0.29) is 39.5 Å². The van der Waals surface area contributed by atoms with Crippen molar-refractivity contribution in [2.45, 2.75) is 65.5 Å². The van der Waals surface area contributed by atoms with E-state index in [2.05, 4.69) is 192 Å². The van der Waals surface area contributed by atoms with E-state index in [0.29, 0.717) is 5.92 Å². The van der Waals surface area contributed by atoms with Crippen LogP contribution in [0.5, 0.6) is 0 Å². The molecule has 0 aliphatic heterocycles.